The first-order valence-corrected chi connectivity index (χ1v) is 8.35. The molecule has 21 heavy (non-hydrogen) atoms. The van der Waals surface area contributed by atoms with Gasteiger partial charge in [0.2, 0.25) is 0 Å². The average Bonchev–Trinajstić information content (AvgIpc) is 2.40. The Hall–Kier alpha value is -0.800. The fourth-order valence-corrected chi connectivity index (χ4v) is 2.46. The summed E-state index contributed by atoms with van der Waals surface area (Å²) in [6.07, 6.45) is 4.25. The molecule has 0 spiro atoms. The standard InChI is InChI=1S/C17H30ClN3/c1-13(2)6-8-21(9-7-14(3)4)17-16(18)10-15(11-19-5)12-20-17/h10,12-14,19H,6-9,11H2,1-5H3. The summed E-state index contributed by atoms with van der Waals surface area (Å²) >= 11 is 6.46. The molecular formula is C17H30ClN3. The first kappa shape index (κ1) is 18.2. The van der Waals surface area contributed by atoms with Crippen LogP contribution in [0, 0.1) is 11.8 Å². The summed E-state index contributed by atoms with van der Waals surface area (Å²) in [5, 5.41) is 3.89. The van der Waals surface area contributed by atoms with Gasteiger partial charge in [-0.15, -0.1) is 0 Å². The molecule has 1 N–H and O–H groups in total. The Kier molecular flexibility index (Phi) is 8.05. The molecule has 1 aromatic heterocycles. The van der Waals surface area contributed by atoms with Gasteiger partial charge >= 0.3 is 0 Å². The zero-order valence-corrected chi connectivity index (χ0v) is 14.9. The van der Waals surface area contributed by atoms with Crippen LogP contribution in [0.2, 0.25) is 5.02 Å². The molecule has 0 aromatic carbocycles. The van der Waals surface area contributed by atoms with E-state index in [9.17, 15) is 0 Å². The maximum atomic E-state index is 6.46. The predicted octanol–water partition coefficient (Wildman–Crippen LogP) is 4.35. The Morgan fingerprint density at radius 1 is 1.14 bits per heavy atom. The van der Waals surface area contributed by atoms with Crippen molar-refractivity contribution in [3.05, 3.63) is 22.8 Å². The third-order valence-corrected chi connectivity index (χ3v) is 3.79. The van der Waals surface area contributed by atoms with Gasteiger partial charge in [-0.3, -0.25) is 0 Å². The van der Waals surface area contributed by atoms with E-state index in [-0.39, 0.29) is 0 Å². The highest BCUT2D eigenvalue weighted by atomic mass is 35.5. The van der Waals surface area contributed by atoms with Gasteiger partial charge in [0, 0.05) is 25.8 Å². The molecule has 0 aliphatic rings. The number of halogens is 1. The molecule has 0 aliphatic heterocycles. The third kappa shape index (κ3) is 6.66. The highest BCUT2D eigenvalue weighted by molar-refractivity contribution is 6.33. The molecule has 3 nitrogen and oxygen atoms in total. The Labute approximate surface area is 135 Å². The van der Waals surface area contributed by atoms with E-state index >= 15 is 0 Å². The summed E-state index contributed by atoms with van der Waals surface area (Å²) in [5.41, 5.74) is 1.12. The Balaban J connectivity index is 2.84. The Morgan fingerprint density at radius 2 is 1.71 bits per heavy atom. The SMILES string of the molecule is CNCc1cnc(N(CCC(C)C)CCC(C)C)c(Cl)c1. The lowest BCUT2D eigenvalue weighted by Crippen LogP contribution is -2.28. The smallest absolute Gasteiger partial charge is 0.147 e. The van der Waals surface area contributed by atoms with E-state index in [1.165, 1.54) is 0 Å². The maximum absolute atomic E-state index is 6.46. The van der Waals surface area contributed by atoms with Gasteiger partial charge in [0.25, 0.3) is 0 Å². The molecule has 1 rings (SSSR count). The van der Waals surface area contributed by atoms with Crippen LogP contribution in [0.15, 0.2) is 12.3 Å². The molecule has 1 aromatic rings. The van der Waals surface area contributed by atoms with Crippen LogP contribution in [0.3, 0.4) is 0 Å². The molecule has 1 heterocycles. The molecule has 4 heteroatoms. The summed E-state index contributed by atoms with van der Waals surface area (Å²) in [6, 6.07) is 2.03. The van der Waals surface area contributed by atoms with Crippen molar-refractivity contribution < 1.29 is 0 Å². The average molecular weight is 312 g/mol. The first-order chi connectivity index (χ1) is 9.93. The molecular weight excluding hydrogens is 282 g/mol. The Morgan fingerprint density at radius 3 is 2.14 bits per heavy atom. The highest BCUT2D eigenvalue weighted by Crippen LogP contribution is 2.25. The van der Waals surface area contributed by atoms with Crippen molar-refractivity contribution in [1.82, 2.24) is 10.3 Å². The molecule has 0 saturated carbocycles. The topological polar surface area (TPSA) is 28.2 Å². The molecule has 0 radical (unpaired) electrons. The largest absolute Gasteiger partial charge is 0.355 e. The number of hydrogen-bond donors (Lipinski definition) is 1. The second kappa shape index (κ2) is 9.26. The van der Waals surface area contributed by atoms with Crippen molar-refractivity contribution in [2.75, 3.05) is 25.0 Å². The monoisotopic (exact) mass is 311 g/mol. The first-order valence-electron chi connectivity index (χ1n) is 7.98. The minimum Gasteiger partial charge on any atom is -0.355 e. The van der Waals surface area contributed by atoms with Crippen LogP contribution in [-0.4, -0.2) is 25.1 Å². The van der Waals surface area contributed by atoms with Crippen molar-refractivity contribution in [1.29, 1.82) is 0 Å². The van der Waals surface area contributed by atoms with Gasteiger partial charge in [-0.05, 0) is 43.4 Å². The fraction of sp³-hybridized carbons (Fsp3) is 0.706. The van der Waals surface area contributed by atoms with Crippen LogP contribution in [0.5, 0.6) is 0 Å². The summed E-state index contributed by atoms with van der Waals surface area (Å²) in [5.74, 6) is 2.31. The highest BCUT2D eigenvalue weighted by Gasteiger charge is 2.14. The van der Waals surface area contributed by atoms with Gasteiger partial charge in [0.15, 0.2) is 0 Å². The molecule has 0 saturated heterocycles. The van der Waals surface area contributed by atoms with E-state index in [0.29, 0.717) is 11.8 Å². The number of hydrogen-bond acceptors (Lipinski definition) is 3. The predicted molar refractivity (Wildman–Crippen MR) is 93.1 cm³/mol. The summed E-state index contributed by atoms with van der Waals surface area (Å²) in [4.78, 5) is 6.95. The lowest BCUT2D eigenvalue weighted by atomic mass is 10.1. The van der Waals surface area contributed by atoms with Gasteiger partial charge < -0.3 is 10.2 Å². The van der Waals surface area contributed by atoms with Crippen LogP contribution in [0.25, 0.3) is 0 Å². The minimum absolute atomic E-state index is 0.689. The van der Waals surface area contributed by atoms with Gasteiger partial charge in [0.1, 0.15) is 5.82 Å². The van der Waals surface area contributed by atoms with Crippen LogP contribution < -0.4 is 10.2 Å². The zero-order chi connectivity index (χ0) is 15.8. The van der Waals surface area contributed by atoms with Gasteiger partial charge in [-0.1, -0.05) is 39.3 Å². The molecule has 0 fully saturated rings. The van der Waals surface area contributed by atoms with E-state index in [2.05, 4.69) is 42.9 Å². The number of nitrogens with one attached hydrogen (secondary N) is 1. The van der Waals surface area contributed by atoms with Crippen molar-refractivity contribution in [3.63, 3.8) is 0 Å². The number of aromatic nitrogens is 1. The summed E-state index contributed by atoms with van der Waals surface area (Å²) in [7, 11) is 1.93. The van der Waals surface area contributed by atoms with Gasteiger partial charge in [0.05, 0.1) is 5.02 Å². The molecule has 0 aliphatic carbocycles. The van der Waals surface area contributed by atoms with Crippen molar-refractivity contribution in [2.45, 2.75) is 47.1 Å². The summed E-state index contributed by atoms with van der Waals surface area (Å²) < 4.78 is 0. The van der Waals surface area contributed by atoms with Crippen molar-refractivity contribution in [2.24, 2.45) is 11.8 Å². The van der Waals surface area contributed by atoms with Gasteiger partial charge in [-0.2, -0.15) is 0 Å². The van der Waals surface area contributed by atoms with Crippen LogP contribution in [0.1, 0.15) is 46.1 Å². The lowest BCUT2D eigenvalue weighted by Gasteiger charge is -2.26. The zero-order valence-electron chi connectivity index (χ0n) is 14.1. The van der Waals surface area contributed by atoms with Crippen molar-refractivity contribution >= 4 is 17.4 Å². The normalized spacial score (nSPS) is 11.4. The van der Waals surface area contributed by atoms with E-state index in [4.69, 9.17) is 11.6 Å². The van der Waals surface area contributed by atoms with E-state index < -0.39 is 0 Å². The van der Waals surface area contributed by atoms with Crippen LogP contribution in [0.4, 0.5) is 5.82 Å². The molecule has 0 bridgehead atoms. The summed E-state index contributed by atoms with van der Waals surface area (Å²) in [6.45, 7) is 11.9. The second-order valence-electron chi connectivity index (χ2n) is 6.53. The number of pyridine rings is 1. The van der Waals surface area contributed by atoms with Crippen LogP contribution >= 0.6 is 11.6 Å². The quantitative estimate of drug-likeness (QED) is 0.734. The molecule has 0 atom stereocenters. The number of nitrogens with zero attached hydrogens (tertiary/aromatic N) is 2. The van der Waals surface area contributed by atoms with Crippen LogP contribution in [-0.2, 0) is 6.54 Å². The van der Waals surface area contributed by atoms with E-state index in [1.807, 2.05) is 19.3 Å². The lowest BCUT2D eigenvalue weighted by molar-refractivity contribution is 0.533. The Bertz CT molecular complexity index is 406. The van der Waals surface area contributed by atoms with E-state index in [1.54, 1.807) is 0 Å². The molecule has 0 unspecified atom stereocenters. The fourth-order valence-electron chi connectivity index (χ4n) is 2.16. The number of rotatable bonds is 9. The number of anilines is 1. The van der Waals surface area contributed by atoms with Crippen molar-refractivity contribution in [3.8, 4) is 0 Å². The molecule has 0 amide bonds. The third-order valence-electron chi connectivity index (χ3n) is 3.51. The minimum atomic E-state index is 0.689. The van der Waals surface area contributed by atoms with E-state index in [0.717, 1.165) is 48.9 Å². The van der Waals surface area contributed by atoms with Gasteiger partial charge in [-0.25, -0.2) is 4.98 Å². The molecule has 120 valence electrons. The second-order valence-corrected chi connectivity index (χ2v) is 6.94. The maximum Gasteiger partial charge on any atom is 0.147 e.